The van der Waals surface area contributed by atoms with Gasteiger partial charge in [0.1, 0.15) is 18.1 Å². The summed E-state index contributed by atoms with van der Waals surface area (Å²) in [5, 5.41) is 6.68. The molecule has 0 saturated carbocycles. The predicted molar refractivity (Wildman–Crippen MR) is 160 cm³/mol. The van der Waals surface area contributed by atoms with Gasteiger partial charge in [-0.2, -0.15) is 5.10 Å². The molecule has 2 N–H and O–H groups in total. The Hall–Kier alpha value is -4.90. The summed E-state index contributed by atoms with van der Waals surface area (Å²) < 4.78 is 39.0. The van der Waals surface area contributed by atoms with Gasteiger partial charge in [-0.3, -0.25) is 13.9 Å². The SMILES string of the molecule is Cc1ccc(S(=O)(=O)N(CC(=O)N/N=C\c2ccc(OCC(=O)NCc3ccco3)cc2)c2cccc(C)c2C)cc1. The van der Waals surface area contributed by atoms with Gasteiger partial charge in [-0.05, 0) is 92.1 Å². The number of nitrogens with zero attached hydrogens (tertiary/aromatic N) is 2. The van der Waals surface area contributed by atoms with Crippen molar-refractivity contribution < 1.29 is 27.2 Å². The zero-order valence-corrected chi connectivity index (χ0v) is 24.4. The number of anilines is 1. The van der Waals surface area contributed by atoms with E-state index < -0.39 is 22.5 Å². The van der Waals surface area contributed by atoms with E-state index in [1.54, 1.807) is 60.7 Å². The summed E-state index contributed by atoms with van der Waals surface area (Å²) in [5.41, 5.74) is 6.06. The van der Waals surface area contributed by atoms with Gasteiger partial charge in [-0.15, -0.1) is 0 Å². The highest BCUT2D eigenvalue weighted by Gasteiger charge is 2.28. The second-order valence-electron chi connectivity index (χ2n) is 9.55. The highest BCUT2D eigenvalue weighted by molar-refractivity contribution is 7.92. The summed E-state index contributed by atoms with van der Waals surface area (Å²) >= 11 is 0. The molecule has 0 radical (unpaired) electrons. The molecule has 218 valence electrons. The van der Waals surface area contributed by atoms with E-state index in [1.807, 2.05) is 26.8 Å². The normalized spacial score (nSPS) is 11.3. The third kappa shape index (κ3) is 7.85. The molecule has 1 heterocycles. The fraction of sp³-hybridized carbons (Fsp3) is 0.194. The number of hydrogen-bond acceptors (Lipinski definition) is 7. The molecule has 0 saturated heterocycles. The van der Waals surface area contributed by atoms with Crippen LogP contribution in [0.15, 0.2) is 99.5 Å². The first kappa shape index (κ1) is 30.1. The molecule has 0 unspecified atom stereocenters. The van der Waals surface area contributed by atoms with Crippen LogP contribution in [0.2, 0.25) is 0 Å². The highest BCUT2D eigenvalue weighted by atomic mass is 32.2. The van der Waals surface area contributed by atoms with Crippen molar-refractivity contribution in [3.05, 3.63) is 113 Å². The molecule has 0 aliphatic heterocycles. The van der Waals surface area contributed by atoms with E-state index in [9.17, 15) is 18.0 Å². The van der Waals surface area contributed by atoms with Crippen molar-refractivity contribution in [3.8, 4) is 5.75 Å². The quantitative estimate of drug-likeness (QED) is 0.188. The molecule has 2 amide bonds. The van der Waals surface area contributed by atoms with E-state index in [-0.39, 0.29) is 24.0 Å². The average molecular weight is 589 g/mol. The third-order valence-corrected chi connectivity index (χ3v) is 8.21. The molecule has 0 fully saturated rings. The number of amides is 2. The van der Waals surface area contributed by atoms with E-state index in [2.05, 4.69) is 15.8 Å². The van der Waals surface area contributed by atoms with E-state index in [0.717, 1.165) is 21.0 Å². The summed E-state index contributed by atoms with van der Waals surface area (Å²) in [7, 11) is -4.04. The van der Waals surface area contributed by atoms with Gasteiger partial charge in [-0.25, -0.2) is 13.8 Å². The number of furan rings is 1. The number of hydrazone groups is 1. The van der Waals surface area contributed by atoms with Crippen molar-refractivity contribution in [1.82, 2.24) is 10.7 Å². The lowest BCUT2D eigenvalue weighted by atomic mass is 10.1. The Labute approximate surface area is 245 Å². The fourth-order valence-electron chi connectivity index (χ4n) is 3.94. The van der Waals surface area contributed by atoms with Gasteiger partial charge >= 0.3 is 0 Å². The average Bonchev–Trinajstić information content (AvgIpc) is 3.50. The van der Waals surface area contributed by atoms with Gasteiger partial charge in [0.15, 0.2) is 6.61 Å². The number of sulfonamides is 1. The first-order chi connectivity index (χ1) is 20.1. The Morgan fingerprint density at radius 1 is 0.929 bits per heavy atom. The third-order valence-electron chi connectivity index (χ3n) is 6.43. The van der Waals surface area contributed by atoms with Gasteiger partial charge in [-0.1, -0.05) is 29.8 Å². The Morgan fingerprint density at radius 2 is 1.67 bits per heavy atom. The number of ether oxygens (including phenoxy) is 1. The van der Waals surface area contributed by atoms with Gasteiger partial charge in [0.05, 0.1) is 29.6 Å². The number of carbonyl (C=O) groups is 2. The van der Waals surface area contributed by atoms with Crippen LogP contribution in [-0.4, -0.2) is 39.6 Å². The lowest BCUT2D eigenvalue weighted by Crippen LogP contribution is -2.40. The molecule has 0 atom stereocenters. The molecular weight excluding hydrogens is 556 g/mol. The summed E-state index contributed by atoms with van der Waals surface area (Å²) in [6.45, 7) is 5.22. The summed E-state index contributed by atoms with van der Waals surface area (Å²) in [6, 6.07) is 22.0. The number of nitrogens with one attached hydrogen (secondary N) is 2. The van der Waals surface area contributed by atoms with Crippen molar-refractivity contribution in [2.24, 2.45) is 5.10 Å². The van der Waals surface area contributed by atoms with Crippen molar-refractivity contribution in [2.45, 2.75) is 32.2 Å². The minimum Gasteiger partial charge on any atom is -0.484 e. The largest absolute Gasteiger partial charge is 0.484 e. The molecule has 3 aromatic carbocycles. The van der Waals surface area contributed by atoms with Gasteiger partial charge < -0.3 is 14.5 Å². The van der Waals surface area contributed by atoms with Crippen LogP contribution in [0.4, 0.5) is 5.69 Å². The van der Waals surface area contributed by atoms with Crippen LogP contribution in [0.5, 0.6) is 5.75 Å². The summed E-state index contributed by atoms with van der Waals surface area (Å²) in [6.07, 6.45) is 2.96. The maximum absolute atomic E-state index is 13.6. The van der Waals surface area contributed by atoms with Crippen LogP contribution in [0.3, 0.4) is 0 Å². The maximum Gasteiger partial charge on any atom is 0.264 e. The molecule has 10 nitrogen and oxygen atoms in total. The number of rotatable bonds is 12. The van der Waals surface area contributed by atoms with Crippen molar-refractivity contribution in [2.75, 3.05) is 17.5 Å². The molecule has 0 bridgehead atoms. The topological polar surface area (TPSA) is 130 Å². The molecule has 0 aliphatic carbocycles. The monoisotopic (exact) mass is 588 g/mol. The van der Waals surface area contributed by atoms with E-state index in [4.69, 9.17) is 9.15 Å². The zero-order valence-electron chi connectivity index (χ0n) is 23.5. The fourth-order valence-corrected chi connectivity index (χ4v) is 5.41. The zero-order chi connectivity index (χ0) is 30.1. The molecule has 4 aromatic rings. The van der Waals surface area contributed by atoms with Crippen LogP contribution < -0.4 is 19.8 Å². The van der Waals surface area contributed by atoms with Gasteiger partial charge in [0.25, 0.3) is 21.8 Å². The maximum atomic E-state index is 13.6. The van der Waals surface area contributed by atoms with E-state index >= 15 is 0 Å². The van der Waals surface area contributed by atoms with Crippen LogP contribution in [0, 0.1) is 20.8 Å². The Morgan fingerprint density at radius 3 is 2.36 bits per heavy atom. The van der Waals surface area contributed by atoms with Crippen molar-refractivity contribution in [3.63, 3.8) is 0 Å². The summed E-state index contributed by atoms with van der Waals surface area (Å²) in [4.78, 5) is 24.9. The molecule has 11 heteroatoms. The predicted octanol–water partition coefficient (Wildman–Crippen LogP) is 4.25. The minimum absolute atomic E-state index is 0.0858. The Bertz CT molecular complexity index is 1650. The van der Waals surface area contributed by atoms with Gasteiger partial charge in [0, 0.05) is 0 Å². The first-order valence-corrected chi connectivity index (χ1v) is 14.6. The number of benzene rings is 3. The standard InChI is InChI=1S/C31H32N4O6S/c1-22-9-15-28(16-10-22)42(38,39)35(29-8-4-6-23(2)24(29)3)20-30(36)34-33-18-25-11-13-26(14-12-25)41-21-31(37)32-19-27-7-5-17-40-27/h4-18H,19-21H2,1-3H3,(H,32,37)(H,34,36)/b33-18-. The lowest BCUT2D eigenvalue weighted by molar-refractivity contribution is -0.123. The van der Waals surface area contributed by atoms with Crippen molar-refractivity contribution >= 4 is 33.7 Å². The second kappa shape index (κ2) is 13.6. The highest BCUT2D eigenvalue weighted by Crippen LogP contribution is 2.28. The van der Waals surface area contributed by atoms with Crippen LogP contribution in [0.1, 0.15) is 28.0 Å². The molecular formula is C31H32N4O6S. The van der Waals surface area contributed by atoms with Crippen LogP contribution in [-0.2, 0) is 26.2 Å². The summed E-state index contributed by atoms with van der Waals surface area (Å²) in [5.74, 6) is 0.224. The van der Waals surface area contributed by atoms with Crippen molar-refractivity contribution in [1.29, 1.82) is 0 Å². The number of hydrogen-bond donors (Lipinski definition) is 2. The van der Waals surface area contributed by atoms with Crippen LogP contribution in [0.25, 0.3) is 0 Å². The van der Waals surface area contributed by atoms with Crippen LogP contribution >= 0.6 is 0 Å². The van der Waals surface area contributed by atoms with Gasteiger partial charge in [0.2, 0.25) is 0 Å². The number of aryl methyl sites for hydroxylation is 2. The molecule has 0 aliphatic rings. The first-order valence-electron chi connectivity index (χ1n) is 13.1. The van der Waals surface area contributed by atoms with E-state index in [1.165, 1.54) is 24.6 Å². The molecule has 4 rings (SSSR count). The Balaban J connectivity index is 1.36. The minimum atomic E-state index is -4.04. The lowest BCUT2D eigenvalue weighted by Gasteiger charge is -2.26. The smallest absolute Gasteiger partial charge is 0.264 e. The molecule has 1 aromatic heterocycles. The van der Waals surface area contributed by atoms with E-state index in [0.29, 0.717) is 22.8 Å². The Kier molecular flexibility index (Phi) is 9.77. The number of carbonyl (C=O) groups excluding carboxylic acids is 2. The molecule has 0 spiro atoms. The molecule has 42 heavy (non-hydrogen) atoms. The second-order valence-corrected chi connectivity index (χ2v) is 11.4.